The minimum atomic E-state index is -0.188. The second kappa shape index (κ2) is 6.85. The predicted molar refractivity (Wildman–Crippen MR) is 81.3 cm³/mol. The first kappa shape index (κ1) is 16.4. The van der Waals surface area contributed by atoms with Crippen molar-refractivity contribution >= 4 is 12.0 Å². The van der Waals surface area contributed by atoms with Crippen LogP contribution >= 0.6 is 0 Å². The minimum Gasteiger partial charge on any atom is -0.469 e. The van der Waals surface area contributed by atoms with E-state index in [9.17, 15) is 9.59 Å². The van der Waals surface area contributed by atoms with Crippen molar-refractivity contribution in [3.8, 4) is 0 Å². The Labute approximate surface area is 130 Å². The summed E-state index contributed by atoms with van der Waals surface area (Å²) >= 11 is 0. The molecule has 0 spiro atoms. The molecule has 6 nitrogen and oxygen atoms in total. The SMILES string of the molecule is COC(=O)[C@@H]1CCN(C(=O)N[C@H](C)c2ccc(C)o2)C[C@@H]1C. The van der Waals surface area contributed by atoms with E-state index >= 15 is 0 Å². The van der Waals surface area contributed by atoms with Gasteiger partial charge in [0.1, 0.15) is 11.5 Å². The number of carbonyl (C=O) groups is 2. The van der Waals surface area contributed by atoms with Crippen LogP contribution in [0.2, 0.25) is 0 Å². The number of hydrogen-bond acceptors (Lipinski definition) is 4. The lowest BCUT2D eigenvalue weighted by Crippen LogP contribution is -2.49. The monoisotopic (exact) mass is 308 g/mol. The smallest absolute Gasteiger partial charge is 0.317 e. The third-order valence-corrected chi connectivity index (χ3v) is 4.22. The Morgan fingerprint density at radius 3 is 2.73 bits per heavy atom. The van der Waals surface area contributed by atoms with E-state index in [1.165, 1.54) is 7.11 Å². The maximum atomic E-state index is 12.3. The van der Waals surface area contributed by atoms with Crippen molar-refractivity contribution in [3.05, 3.63) is 23.7 Å². The van der Waals surface area contributed by atoms with Gasteiger partial charge in [-0.3, -0.25) is 4.79 Å². The number of likely N-dealkylation sites (tertiary alicyclic amines) is 1. The molecule has 0 bridgehead atoms. The van der Waals surface area contributed by atoms with Gasteiger partial charge in [0.15, 0.2) is 0 Å². The summed E-state index contributed by atoms with van der Waals surface area (Å²) in [7, 11) is 1.40. The van der Waals surface area contributed by atoms with E-state index in [2.05, 4.69) is 5.32 Å². The molecule has 122 valence electrons. The second-order valence-corrected chi connectivity index (χ2v) is 5.96. The Kier molecular flexibility index (Phi) is 5.11. The third kappa shape index (κ3) is 3.61. The first-order chi connectivity index (χ1) is 10.4. The molecule has 0 unspecified atom stereocenters. The van der Waals surface area contributed by atoms with Crippen LogP contribution in [0.1, 0.15) is 37.8 Å². The first-order valence-electron chi connectivity index (χ1n) is 7.62. The molecule has 22 heavy (non-hydrogen) atoms. The Morgan fingerprint density at radius 2 is 2.18 bits per heavy atom. The van der Waals surface area contributed by atoms with Crippen LogP contribution < -0.4 is 5.32 Å². The van der Waals surface area contributed by atoms with Gasteiger partial charge in [-0.1, -0.05) is 6.92 Å². The van der Waals surface area contributed by atoms with Gasteiger partial charge in [-0.2, -0.15) is 0 Å². The Morgan fingerprint density at radius 1 is 1.45 bits per heavy atom. The Hall–Kier alpha value is -1.98. The van der Waals surface area contributed by atoms with Gasteiger partial charge in [0.2, 0.25) is 0 Å². The van der Waals surface area contributed by atoms with Crippen LogP contribution in [0.4, 0.5) is 4.79 Å². The summed E-state index contributed by atoms with van der Waals surface area (Å²) in [5, 5.41) is 2.93. The lowest BCUT2D eigenvalue weighted by Gasteiger charge is -2.35. The number of urea groups is 1. The van der Waals surface area contributed by atoms with Crippen molar-refractivity contribution in [1.29, 1.82) is 0 Å². The maximum Gasteiger partial charge on any atom is 0.317 e. The molecule has 2 amide bonds. The van der Waals surface area contributed by atoms with Gasteiger partial charge >= 0.3 is 12.0 Å². The van der Waals surface area contributed by atoms with Gasteiger partial charge in [-0.25, -0.2) is 4.79 Å². The molecule has 1 saturated heterocycles. The molecule has 1 aliphatic rings. The molecule has 2 rings (SSSR count). The molecule has 1 aromatic rings. The highest BCUT2D eigenvalue weighted by Gasteiger charge is 2.34. The van der Waals surface area contributed by atoms with Crippen molar-refractivity contribution in [1.82, 2.24) is 10.2 Å². The van der Waals surface area contributed by atoms with Crippen molar-refractivity contribution < 1.29 is 18.7 Å². The fourth-order valence-electron chi connectivity index (χ4n) is 2.87. The van der Waals surface area contributed by atoms with Crippen molar-refractivity contribution in [2.75, 3.05) is 20.2 Å². The standard InChI is InChI=1S/C16H24N2O4/c1-10-9-18(8-7-13(10)15(19)21-4)16(20)17-12(3)14-6-5-11(2)22-14/h5-6,10,12-13H,7-9H2,1-4H3,(H,17,20)/t10-,12+,13+/m0/s1. The highest BCUT2D eigenvalue weighted by atomic mass is 16.5. The van der Waals surface area contributed by atoms with E-state index in [-0.39, 0.29) is 29.9 Å². The number of carbonyl (C=O) groups excluding carboxylic acids is 2. The number of methoxy groups -OCH3 is 1. The molecular weight excluding hydrogens is 284 g/mol. The summed E-state index contributed by atoms with van der Waals surface area (Å²) in [6, 6.07) is 3.43. The summed E-state index contributed by atoms with van der Waals surface area (Å²) in [4.78, 5) is 25.7. The highest BCUT2D eigenvalue weighted by Crippen LogP contribution is 2.25. The molecule has 0 aromatic carbocycles. The minimum absolute atomic E-state index is 0.0908. The van der Waals surface area contributed by atoms with E-state index in [4.69, 9.17) is 9.15 Å². The van der Waals surface area contributed by atoms with Crippen LogP contribution in [0.15, 0.2) is 16.5 Å². The van der Waals surface area contributed by atoms with E-state index in [1.54, 1.807) is 4.90 Å². The van der Waals surface area contributed by atoms with Gasteiger partial charge in [0.25, 0.3) is 0 Å². The topological polar surface area (TPSA) is 71.8 Å². The molecule has 0 aliphatic carbocycles. The third-order valence-electron chi connectivity index (χ3n) is 4.22. The first-order valence-corrected chi connectivity index (χ1v) is 7.62. The summed E-state index contributed by atoms with van der Waals surface area (Å²) in [5.74, 6) is 1.34. The molecule has 0 radical (unpaired) electrons. The van der Waals surface area contributed by atoms with Crippen molar-refractivity contribution in [3.63, 3.8) is 0 Å². The number of esters is 1. The number of amides is 2. The van der Waals surface area contributed by atoms with Crippen LogP contribution in [0.25, 0.3) is 0 Å². The highest BCUT2D eigenvalue weighted by molar-refractivity contribution is 5.76. The van der Waals surface area contributed by atoms with Crippen LogP contribution in [0.5, 0.6) is 0 Å². The fourth-order valence-corrected chi connectivity index (χ4v) is 2.87. The number of hydrogen-bond donors (Lipinski definition) is 1. The number of rotatable bonds is 3. The van der Waals surface area contributed by atoms with E-state index < -0.39 is 0 Å². The summed E-state index contributed by atoms with van der Waals surface area (Å²) < 4.78 is 10.3. The van der Waals surface area contributed by atoms with Crippen LogP contribution in [-0.4, -0.2) is 37.1 Å². The van der Waals surface area contributed by atoms with Crippen LogP contribution in [0, 0.1) is 18.8 Å². The maximum absolute atomic E-state index is 12.3. The number of piperidine rings is 1. The summed E-state index contributed by atoms with van der Waals surface area (Å²) in [5.41, 5.74) is 0. The quantitative estimate of drug-likeness (QED) is 0.871. The largest absolute Gasteiger partial charge is 0.469 e. The number of furan rings is 1. The zero-order valence-electron chi connectivity index (χ0n) is 13.6. The van der Waals surface area contributed by atoms with Crippen molar-refractivity contribution in [2.24, 2.45) is 11.8 Å². The molecule has 1 fully saturated rings. The summed E-state index contributed by atoms with van der Waals surface area (Å²) in [6.07, 6.45) is 0.634. The van der Waals surface area contributed by atoms with E-state index in [0.29, 0.717) is 19.5 Å². The number of aryl methyl sites for hydroxylation is 1. The molecule has 1 aliphatic heterocycles. The fraction of sp³-hybridized carbons (Fsp3) is 0.625. The lowest BCUT2D eigenvalue weighted by atomic mass is 9.87. The number of nitrogens with one attached hydrogen (secondary N) is 1. The van der Waals surface area contributed by atoms with Gasteiger partial charge in [0.05, 0.1) is 19.1 Å². The molecule has 3 atom stereocenters. The van der Waals surface area contributed by atoms with Crippen LogP contribution in [0.3, 0.4) is 0 Å². The van der Waals surface area contributed by atoms with Crippen LogP contribution in [-0.2, 0) is 9.53 Å². The Bertz CT molecular complexity index is 540. The van der Waals surface area contributed by atoms with Crippen molar-refractivity contribution in [2.45, 2.75) is 33.2 Å². The molecule has 1 aromatic heterocycles. The van der Waals surface area contributed by atoms with Gasteiger partial charge in [-0.15, -0.1) is 0 Å². The molecule has 1 N–H and O–H groups in total. The molecular formula is C16H24N2O4. The molecule has 0 saturated carbocycles. The predicted octanol–water partition coefficient (Wildman–Crippen LogP) is 2.49. The summed E-state index contributed by atoms with van der Waals surface area (Å²) in [6.45, 7) is 6.84. The second-order valence-electron chi connectivity index (χ2n) is 5.96. The van der Waals surface area contributed by atoms with Gasteiger partial charge < -0.3 is 19.4 Å². The van der Waals surface area contributed by atoms with E-state index in [1.807, 2.05) is 32.9 Å². The zero-order valence-corrected chi connectivity index (χ0v) is 13.6. The average molecular weight is 308 g/mol. The normalized spacial score (nSPS) is 23.0. The van der Waals surface area contributed by atoms with E-state index in [0.717, 1.165) is 11.5 Å². The number of ether oxygens (including phenoxy) is 1. The molecule has 2 heterocycles. The Balaban J connectivity index is 1.90. The van der Waals surface area contributed by atoms with Gasteiger partial charge in [0, 0.05) is 13.1 Å². The molecule has 6 heteroatoms. The lowest BCUT2D eigenvalue weighted by molar-refractivity contribution is -0.148. The zero-order chi connectivity index (χ0) is 16.3. The average Bonchev–Trinajstić information content (AvgIpc) is 2.93. The van der Waals surface area contributed by atoms with Gasteiger partial charge in [-0.05, 0) is 38.3 Å². The number of nitrogens with zero attached hydrogens (tertiary/aromatic N) is 1.